The van der Waals surface area contributed by atoms with Gasteiger partial charge in [0.15, 0.2) is 0 Å². The first-order valence-electron chi connectivity index (χ1n) is 4.83. The molecule has 1 heteroatoms. The molecule has 0 saturated carbocycles. The zero-order valence-corrected chi connectivity index (χ0v) is 9.57. The molecule has 0 radical (unpaired) electrons. The zero-order chi connectivity index (χ0) is 10.0. The van der Waals surface area contributed by atoms with E-state index in [1.165, 1.54) is 23.1 Å². The fraction of sp³-hybridized carbons (Fsp3) is 0.500. The second-order valence-corrected chi connectivity index (χ2v) is 4.17. The van der Waals surface area contributed by atoms with E-state index >= 15 is 0 Å². The van der Waals surface area contributed by atoms with E-state index in [-0.39, 0.29) is 0 Å². The van der Waals surface area contributed by atoms with E-state index in [0.29, 0.717) is 5.92 Å². The van der Waals surface area contributed by atoms with Crippen molar-refractivity contribution in [3.8, 4) is 0 Å². The Balaban J connectivity index is 3.15. The summed E-state index contributed by atoms with van der Waals surface area (Å²) in [5, 5.41) is 0.879. The summed E-state index contributed by atoms with van der Waals surface area (Å²) < 4.78 is 0. The summed E-state index contributed by atoms with van der Waals surface area (Å²) in [5.41, 5.74) is 3.93. The Morgan fingerprint density at radius 3 is 2.38 bits per heavy atom. The smallest absolute Gasteiger partial charge is 0.0438 e. The molecule has 0 aliphatic heterocycles. The highest BCUT2D eigenvalue weighted by Crippen LogP contribution is 2.27. The fourth-order valence-corrected chi connectivity index (χ4v) is 1.77. The molecule has 1 unspecified atom stereocenters. The molecular weight excluding hydrogens is 180 g/mol. The lowest BCUT2D eigenvalue weighted by Crippen LogP contribution is -1.96. The van der Waals surface area contributed by atoms with Crippen LogP contribution in [-0.2, 0) is 0 Å². The van der Waals surface area contributed by atoms with Crippen molar-refractivity contribution in [1.82, 2.24) is 0 Å². The van der Waals surface area contributed by atoms with E-state index in [4.69, 9.17) is 11.6 Å². The summed E-state index contributed by atoms with van der Waals surface area (Å²) in [6, 6.07) is 4.28. The lowest BCUT2D eigenvalue weighted by atomic mass is 9.93. The van der Waals surface area contributed by atoms with Crippen LogP contribution in [0.2, 0.25) is 5.02 Å². The Morgan fingerprint density at radius 2 is 1.85 bits per heavy atom. The monoisotopic (exact) mass is 196 g/mol. The molecule has 0 fully saturated rings. The minimum Gasteiger partial charge on any atom is -0.0840 e. The molecule has 0 saturated heterocycles. The lowest BCUT2D eigenvalue weighted by molar-refractivity contribution is 0.727. The summed E-state index contributed by atoms with van der Waals surface area (Å²) in [6.07, 6.45) is 1.18. The highest BCUT2D eigenvalue weighted by atomic mass is 35.5. The Hall–Kier alpha value is -0.490. The van der Waals surface area contributed by atoms with E-state index in [2.05, 4.69) is 39.8 Å². The predicted molar refractivity (Wildman–Crippen MR) is 59.6 cm³/mol. The van der Waals surface area contributed by atoms with E-state index < -0.39 is 0 Å². The minimum absolute atomic E-state index is 0.635. The van der Waals surface area contributed by atoms with Crippen LogP contribution in [0.15, 0.2) is 12.1 Å². The highest BCUT2D eigenvalue weighted by molar-refractivity contribution is 6.31. The maximum atomic E-state index is 6.03. The normalized spacial score (nSPS) is 13.0. The van der Waals surface area contributed by atoms with Crippen LogP contribution >= 0.6 is 11.6 Å². The van der Waals surface area contributed by atoms with Crippen molar-refractivity contribution in [2.24, 2.45) is 0 Å². The van der Waals surface area contributed by atoms with Crippen molar-refractivity contribution < 1.29 is 0 Å². The van der Waals surface area contributed by atoms with Crippen molar-refractivity contribution in [3.63, 3.8) is 0 Å². The van der Waals surface area contributed by atoms with Gasteiger partial charge in [-0.2, -0.15) is 0 Å². The van der Waals surface area contributed by atoms with Crippen LogP contribution in [0.4, 0.5) is 0 Å². The molecule has 0 bridgehead atoms. The van der Waals surface area contributed by atoms with E-state index in [9.17, 15) is 0 Å². The van der Waals surface area contributed by atoms with Gasteiger partial charge >= 0.3 is 0 Å². The van der Waals surface area contributed by atoms with Gasteiger partial charge in [-0.05, 0) is 48.9 Å². The first kappa shape index (κ1) is 10.6. The highest BCUT2D eigenvalue weighted by Gasteiger charge is 2.08. The maximum Gasteiger partial charge on any atom is 0.0438 e. The van der Waals surface area contributed by atoms with Gasteiger partial charge in [-0.25, -0.2) is 0 Å². The number of benzene rings is 1. The van der Waals surface area contributed by atoms with Gasteiger partial charge in [0, 0.05) is 5.02 Å². The molecule has 13 heavy (non-hydrogen) atoms. The minimum atomic E-state index is 0.635. The predicted octanol–water partition coefficient (Wildman–Crippen LogP) is 4.47. The van der Waals surface area contributed by atoms with E-state index in [0.717, 1.165) is 5.02 Å². The van der Waals surface area contributed by atoms with Gasteiger partial charge in [0.05, 0.1) is 0 Å². The van der Waals surface area contributed by atoms with Crippen molar-refractivity contribution >= 4 is 11.6 Å². The molecule has 0 aliphatic rings. The first-order chi connectivity index (χ1) is 6.06. The van der Waals surface area contributed by atoms with Crippen molar-refractivity contribution in [2.45, 2.75) is 40.0 Å². The van der Waals surface area contributed by atoms with Gasteiger partial charge < -0.3 is 0 Å². The summed E-state index contributed by atoms with van der Waals surface area (Å²) in [4.78, 5) is 0. The van der Waals surface area contributed by atoms with Gasteiger partial charge in [0.2, 0.25) is 0 Å². The topological polar surface area (TPSA) is 0 Å². The third kappa shape index (κ3) is 2.25. The summed E-state index contributed by atoms with van der Waals surface area (Å²) in [7, 11) is 0. The SMILES string of the molecule is CCC(C)c1cc(C)c(Cl)cc1C. The molecule has 1 aromatic carbocycles. The Labute approximate surface area is 85.9 Å². The summed E-state index contributed by atoms with van der Waals surface area (Å²) in [6.45, 7) is 8.67. The average Bonchev–Trinajstić information content (AvgIpc) is 2.10. The second kappa shape index (κ2) is 4.15. The molecule has 0 aromatic heterocycles. The quantitative estimate of drug-likeness (QED) is 0.655. The number of aryl methyl sites for hydroxylation is 2. The van der Waals surface area contributed by atoms with Gasteiger partial charge in [0.25, 0.3) is 0 Å². The number of hydrogen-bond donors (Lipinski definition) is 0. The van der Waals surface area contributed by atoms with Gasteiger partial charge in [-0.1, -0.05) is 31.5 Å². The Morgan fingerprint density at radius 1 is 1.23 bits per heavy atom. The average molecular weight is 197 g/mol. The Kier molecular flexibility index (Phi) is 3.38. The van der Waals surface area contributed by atoms with Crippen molar-refractivity contribution in [2.75, 3.05) is 0 Å². The molecule has 0 amide bonds. The summed E-state index contributed by atoms with van der Waals surface area (Å²) >= 11 is 6.03. The van der Waals surface area contributed by atoms with E-state index in [1.807, 2.05) is 0 Å². The molecule has 1 aromatic rings. The van der Waals surface area contributed by atoms with Gasteiger partial charge in [-0.15, -0.1) is 0 Å². The fourth-order valence-electron chi connectivity index (χ4n) is 1.55. The van der Waals surface area contributed by atoms with Crippen LogP contribution in [-0.4, -0.2) is 0 Å². The Bertz CT molecular complexity index is 302. The lowest BCUT2D eigenvalue weighted by Gasteiger charge is -2.14. The molecule has 72 valence electrons. The molecule has 0 spiro atoms. The van der Waals surface area contributed by atoms with Crippen LogP contribution in [0.5, 0.6) is 0 Å². The summed E-state index contributed by atoms with van der Waals surface area (Å²) in [5.74, 6) is 0.635. The van der Waals surface area contributed by atoms with Crippen LogP contribution < -0.4 is 0 Å². The second-order valence-electron chi connectivity index (χ2n) is 3.77. The number of rotatable bonds is 2. The molecule has 0 heterocycles. The molecule has 1 rings (SSSR count). The van der Waals surface area contributed by atoms with Crippen LogP contribution in [0, 0.1) is 13.8 Å². The van der Waals surface area contributed by atoms with Gasteiger partial charge in [-0.3, -0.25) is 0 Å². The molecule has 0 N–H and O–H groups in total. The number of halogens is 1. The largest absolute Gasteiger partial charge is 0.0840 e. The zero-order valence-electron chi connectivity index (χ0n) is 8.82. The third-order valence-electron chi connectivity index (χ3n) is 2.69. The van der Waals surface area contributed by atoms with Crippen LogP contribution in [0.25, 0.3) is 0 Å². The molecular formula is C12H17Cl. The molecule has 0 aliphatic carbocycles. The molecule has 0 nitrogen and oxygen atoms in total. The molecule has 1 atom stereocenters. The third-order valence-corrected chi connectivity index (χ3v) is 3.10. The van der Waals surface area contributed by atoms with Crippen molar-refractivity contribution in [1.29, 1.82) is 0 Å². The van der Waals surface area contributed by atoms with Crippen LogP contribution in [0.1, 0.15) is 42.9 Å². The maximum absolute atomic E-state index is 6.03. The van der Waals surface area contributed by atoms with Crippen molar-refractivity contribution in [3.05, 3.63) is 33.8 Å². The van der Waals surface area contributed by atoms with Gasteiger partial charge in [0.1, 0.15) is 0 Å². The standard InChI is InChI=1S/C12H17Cl/c1-5-8(2)11-6-10(4)12(13)7-9(11)3/h6-8H,5H2,1-4H3. The van der Waals surface area contributed by atoms with E-state index in [1.54, 1.807) is 0 Å². The number of hydrogen-bond acceptors (Lipinski definition) is 0. The van der Waals surface area contributed by atoms with Crippen LogP contribution in [0.3, 0.4) is 0 Å². The first-order valence-corrected chi connectivity index (χ1v) is 5.20.